The first-order valence-electron chi connectivity index (χ1n) is 7.90. The Morgan fingerprint density at radius 2 is 2.00 bits per heavy atom. The minimum Gasteiger partial charge on any atom is -0.484 e. The van der Waals surface area contributed by atoms with Crippen LogP contribution in [0.4, 0.5) is 5.69 Å². The number of pyridine rings is 1. The summed E-state index contributed by atoms with van der Waals surface area (Å²) in [5, 5.41) is 7.10. The third-order valence-corrected chi connectivity index (χ3v) is 3.71. The minimum atomic E-state index is -0.217. The highest BCUT2D eigenvalue weighted by Gasteiger charge is 2.08. The number of nitrogens with zero attached hydrogens (tertiary/aromatic N) is 3. The van der Waals surface area contributed by atoms with Gasteiger partial charge in [-0.25, -0.2) is 9.50 Å². The van der Waals surface area contributed by atoms with Gasteiger partial charge in [-0.15, -0.1) is 0 Å². The van der Waals surface area contributed by atoms with Crippen LogP contribution in [0.2, 0.25) is 0 Å². The Hall–Kier alpha value is -2.89. The molecular formula is C18H20N4O2. The lowest BCUT2D eigenvalue weighted by Gasteiger charge is -2.09. The molecule has 0 aliphatic carbocycles. The molecule has 124 valence electrons. The molecule has 0 bridgehead atoms. The lowest BCUT2D eigenvalue weighted by atomic mass is 10.2. The molecule has 0 saturated carbocycles. The molecule has 2 heterocycles. The number of carbonyl (C=O) groups is 1. The Balaban J connectivity index is 1.63. The Morgan fingerprint density at radius 3 is 2.71 bits per heavy atom. The van der Waals surface area contributed by atoms with Crippen molar-refractivity contribution in [3.63, 3.8) is 0 Å². The number of fused-ring (bicyclic) bond motifs is 1. The lowest BCUT2D eigenvalue weighted by Crippen LogP contribution is -2.20. The molecular weight excluding hydrogens is 304 g/mol. The van der Waals surface area contributed by atoms with Crippen LogP contribution in [-0.2, 0) is 11.2 Å². The molecule has 1 amide bonds. The van der Waals surface area contributed by atoms with Gasteiger partial charge in [-0.3, -0.25) is 4.79 Å². The maximum atomic E-state index is 12.1. The first-order chi connectivity index (χ1) is 11.5. The van der Waals surface area contributed by atoms with Gasteiger partial charge in [-0.05, 0) is 49.6 Å². The van der Waals surface area contributed by atoms with Gasteiger partial charge in [-0.1, -0.05) is 19.1 Å². The fourth-order valence-corrected chi connectivity index (χ4v) is 2.49. The second-order valence-corrected chi connectivity index (χ2v) is 5.67. The Morgan fingerprint density at radius 1 is 1.25 bits per heavy atom. The Labute approximate surface area is 140 Å². The highest BCUT2D eigenvalue weighted by Crippen LogP contribution is 2.16. The van der Waals surface area contributed by atoms with Crippen molar-refractivity contribution < 1.29 is 9.53 Å². The molecule has 0 fully saturated rings. The van der Waals surface area contributed by atoms with Crippen LogP contribution in [0.5, 0.6) is 5.75 Å². The SMILES string of the molecule is CCc1ccc(OCC(=O)Nc2cc(C)c3nc(C)nn3c2)cc1. The number of aryl methyl sites for hydroxylation is 3. The normalized spacial score (nSPS) is 10.8. The molecule has 0 spiro atoms. The van der Waals surface area contributed by atoms with E-state index in [-0.39, 0.29) is 12.5 Å². The van der Waals surface area contributed by atoms with Crippen molar-refractivity contribution in [1.29, 1.82) is 0 Å². The van der Waals surface area contributed by atoms with Crippen molar-refractivity contribution in [3.05, 3.63) is 53.5 Å². The first-order valence-corrected chi connectivity index (χ1v) is 7.90. The zero-order valence-corrected chi connectivity index (χ0v) is 14.0. The van der Waals surface area contributed by atoms with Gasteiger partial charge in [-0.2, -0.15) is 5.10 Å². The van der Waals surface area contributed by atoms with E-state index in [1.165, 1.54) is 5.56 Å². The van der Waals surface area contributed by atoms with E-state index in [1.54, 1.807) is 10.7 Å². The van der Waals surface area contributed by atoms with E-state index < -0.39 is 0 Å². The predicted molar refractivity (Wildman–Crippen MR) is 92.4 cm³/mol. The zero-order chi connectivity index (χ0) is 17.1. The summed E-state index contributed by atoms with van der Waals surface area (Å²) < 4.78 is 7.19. The topological polar surface area (TPSA) is 68.5 Å². The van der Waals surface area contributed by atoms with Gasteiger partial charge in [0.05, 0.1) is 11.9 Å². The summed E-state index contributed by atoms with van der Waals surface area (Å²) in [6.45, 7) is 5.82. The maximum Gasteiger partial charge on any atom is 0.262 e. The number of rotatable bonds is 5. The maximum absolute atomic E-state index is 12.1. The molecule has 1 aromatic carbocycles. The van der Waals surface area contributed by atoms with Crippen molar-refractivity contribution >= 4 is 17.2 Å². The number of hydrogen-bond donors (Lipinski definition) is 1. The van der Waals surface area contributed by atoms with Crippen LogP contribution in [0.1, 0.15) is 23.9 Å². The van der Waals surface area contributed by atoms with E-state index in [0.29, 0.717) is 17.3 Å². The van der Waals surface area contributed by atoms with E-state index in [2.05, 4.69) is 22.3 Å². The summed E-state index contributed by atoms with van der Waals surface area (Å²) >= 11 is 0. The van der Waals surface area contributed by atoms with Crippen LogP contribution < -0.4 is 10.1 Å². The third-order valence-electron chi connectivity index (χ3n) is 3.71. The van der Waals surface area contributed by atoms with E-state index >= 15 is 0 Å². The quantitative estimate of drug-likeness (QED) is 0.783. The highest BCUT2D eigenvalue weighted by molar-refractivity contribution is 5.92. The van der Waals surface area contributed by atoms with Crippen molar-refractivity contribution in [2.24, 2.45) is 0 Å². The molecule has 0 saturated heterocycles. The Kier molecular flexibility index (Phi) is 4.46. The first kappa shape index (κ1) is 16.0. The van der Waals surface area contributed by atoms with Crippen molar-refractivity contribution in [2.75, 3.05) is 11.9 Å². The van der Waals surface area contributed by atoms with Gasteiger partial charge >= 0.3 is 0 Å². The van der Waals surface area contributed by atoms with Crippen LogP contribution in [0, 0.1) is 13.8 Å². The molecule has 0 aliphatic heterocycles. The summed E-state index contributed by atoms with van der Waals surface area (Å²) in [5.41, 5.74) is 3.64. The van der Waals surface area contributed by atoms with Crippen LogP contribution in [-0.4, -0.2) is 27.1 Å². The lowest BCUT2D eigenvalue weighted by molar-refractivity contribution is -0.118. The van der Waals surface area contributed by atoms with Crippen LogP contribution in [0.15, 0.2) is 36.5 Å². The summed E-state index contributed by atoms with van der Waals surface area (Å²) in [4.78, 5) is 16.4. The molecule has 0 unspecified atom stereocenters. The molecule has 3 rings (SSSR count). The second-order valence-electron chi connectivity index (χ2n) is 5.67. The summed E-state index contributed by atoms with van der Waals surface area (Å²) in [6, 6.07) is 9.62. The average Bonchev–Trinajstić information content (AvgIpc) is 2.94. The standard InChI is InChI=1S/C18H20N4O2/c1-4-14-5-7-16(8-6-14)24-11-17(23)20-15-9-12(2)18-19-13(3)21-22(18)10-15/h5-10H,4,11H2,1-3H3,(H,20,23). The average molecular weight is 324 g/mol. The van der Waals surface area contributed by atoms with E-state index in [9.17, 15) is 4.79 Å². The number of hydrogen-bond acceptors (Lipinski definition) is 4. The van der Waals surface area contributed by atoms with Crippen LogP contribution in [0.3, 0.4) is 0 Å². The van der Waals surface area contributed by atoms with Gasteiger partial charge in [0.15, 0.2) is 12.3 Å². The van der Waals surface area contributed by atoms with Gasteiger partial charge in [0.2, 0.25) is 0 Å². The van der Waals surface area contributed by atoms with Gasteiger partial charge in [0.25, 0.3) is 5.91 Å². The summed E-state index contributed by atoms with van der Waals surface area (Å²) in [6.07, 6.45) is 2.72. The Bertz CT molecular complexity index is 869. The second kappa shape index (κ2) is 6.70. The van der Waals surface area contributed by atoms with E-state index in [0.717, 1.165) is 17.6 Å². The van der Waals surface area contributed by atoms with Gasteiger partial charge in [0.1, 0.15) is 11.6 Å². The number of carbonyl (C=O) groups excluding carboxylic acids is 1. The molecule has 3 aromatic rings. The van der Waals surface area contributed by atoms with Crippen LogP contribution >= 0.6 is 0 Å². The summed E-state index contributed by atoms with van der Waals surface area (Å²) in [5.74, 6) is 1.16. The largest absolute Gasteiger partial charge is 0.484 e. The smallest absolute Gasteiger partial charge is 0.262 e. The zero-order valence-electron chi connectivity index (χ0n) is 14.0. The van der Waals surface area contributed by atoms with E-state index in [4.69, 9.17) is 4.74 Å². The molecule has 0 radical (unpaired) electrons. The molecule has 0 atom stereocenters. The number of aromatic nitrogens is 3. The third kappa shape index (κ3) is 3.53. The fraction of sp³-hybridized carbons (Fsp3) is 0.278. The summed E-state index contributed by atoms with van der Waals surface area (Å²) in [7, 11) is 0. The van der Waals surface area contributed by atoms with E-state index in [1.807, 2.05) is 44.2 Å². The molecule has 6 heteroatoms. The van der Waals surface area contributed by atoms with Crippen LogP contribution in [0.25, 0.3) is 5.65 Å². The predicted octanol–water partition coefficient (Wildman–Crippen LogP) is 2.93. The molecule has 24 heavy (non-hydrogen) atoms. The minimum absolute atomic E-state index is 0.0427. The number of ether oxygens (including phenoxy) is 1. The number of amides is 1. The molecule has 6 nitrogen and oxygen atoms in total. The molecule has 0 aliphatic rings. The van der Waals surface area contributed by atoms with Gasteiger partial charge in [0, 0.05) is 0 Å². The van der Waals surface area contributed by atoms with Gasteiger partial charge < -0.3 is 10.1 Å². The monoisotopic (exact) mass is 324 g/mol. The molecule has 1 N–H and O–H groups in total. The highest BCUT2D eigenvalue weighted by atomic mass is 16.5. The number of benzene rings is 1. The van der Waals surface area contributed by atoms with Crippen molar-refractivity contribution in [1.82, 2.24) is 14.6 Å². The fourth-order valence-electron chi connectivity index (χ4n) is 2.49. The number of nitrogens with one attached hydrogen (secondary N) is 1. The van der Waals surface area contributed by atoms with Crippen molar-refractivity contribution in [2.45, 2.75) is 27.2 Å². The molecule has 2 aromatic heterocycles. The van der Waals surface area contributed by atoms with Crippen molar-refractivity contribution in [3.8, 4) is 5.75 Å². The number of anilines is 1.